The van der Waals surface area contributed by atoms with E-state index in [1.54, 1.807) is 0 Å². The highest BCUT2D eigenvalue weighted by Gasteiger charge is 2.09. The Hall–Kier alpha value is -1.71. The number of nitrogen functional groups attached to an aromatic ring is 1. The fraction of sp³-hybridized carbons (Fsp3) is 0.462. The molecule has 0 unspecified atom stereocenters. The van der Waals surface area contributed by atoms with Crippen LogP contribution in [0, 0.1) is 6.92 Å². The van der Waals surface area contributed by atoms with Crippen LogP contribution in [-0.2, 0) is 4.79 Å². The number of rotatable bonds is 5. The van der Waals surface area contributed by atoms with Gasteiger partial charge in [0.2, 0.25) is 5.91 Å². The van der Waals surface area contributed by atoms with Gasteiger partial charge in [0.25, 0.3) is 0 Å². The number of hydrogen-bond acceptors (Lipinski definition) is 3. The first-order chi connectivity index (χ1) is 8.04. The first-order valence-electron chi connectivity index (χ1n) is 5.88. The lowest BCUT2D eigenvalue weighted by Gasteiger charge is -2.21. The summed E-state index contributed by atoms with van der Waals surface area (Å²) in [6, 6.07) is 5.82. The number of aryl methyl sites for hydroxylation is 1. The zero-order chi connectivity index (χ0) is 12.8. The van der Waals surface area contributed by atoms with Gasteiger partial charge in [-0.05, 0) is 31.0 Å². The maximum absolute atomic E-state index is 11.6. The van der Waals surface area contributed by atoms with Crippen LogP contribution in [0.25, 0.3) is 0 Å². The molecule has 0 radical (unpaired) electrons. The molecule has 0 aromatic heterocycles. The van der Waals surface area contributed by atoms with Crippen molar-refractivity contribution in [2.75, 3.05) is 30.8 Å². The van der Waals surface area contributed by atoms with Gasteiger partial charge in [0.1, 0.15) is 0 Å². The molecule has 0 fully saturated rings. The van der Waals surface area contributed by atoms with E-state index in [0.717, 1.165) is 24.2 Å². The molecule has 0 saturated heterocycles. The SMILES string of the molecule is CCCNC(=O)CN(C)c1cc(C)ccc1N. The number of nitrogens with two attached hydrogens (primary N) is 1. The Morgan fingerprint density at radius 1 is 1.47 bits per heavy atom. The van der Waals surface area contributed by atoms with Crippen molar-refractivity contribution in [2.45, 2.75) is 20.3 Å². The molecule has 0 spiro atoms. The van der Waals surface area contributed by atoms with E-state index in [9.17, 15) is 4.79 Å². The van der Waals surface area contributed by atoms with E-state index in [4.69, 9.17) is 5.73 Å². The molecular weight excluding hydrogens is 214 g/mol. The summed E-state index contributed by atoms with van der Waals surface area (Å²) in [5.41, 5.74) is 8.62. The highest BCUT2D eigenvalue weighted by Crippen LogP contribution is 2.22. The summed E-state index contributed by atoms with van der Waals surface area (Å²) >= 11 is 0. The molecule has 0 aliphatic carbocycles. The lowest BCUT2D eigenvalue weighted by molar-refractivity contribution is -0.119. The van der Waals surface area contributed by atoms with Gasteiger partial charge in [-0.1, -0.05) is 13.0 Å². The molecule has 3 N–H and O–H groups in total. The number of amides is 1. The van der Waals surface area contributed by atoms with Gasteiger partial charge in [0, 0.05) is 13.6 Å². The number of nitrogens with zero attached hydrogens (tertiary/aromatic N) is 1. The van der Waals surface area contributed by atoms with E-state index in [0.29, 0.717) is 12.2 Å². The lowest BCUT2D eigenvalue weighted by atomic mass is 10.2. The summed E-state index contributed by atoms with van der Waals surface area (Å²) in [6.45, 7) is 5.08. The molecule has 4 heteroatoms. The Kier molecular flexibility index (Phi) is 4.82. The second-order valence-electron chi connectivity index (χ2n) is 4.27. The first kappa shape index (κ1) is 13.4. The minimum absolute atomic E-state index is 0.0234. The van der Waals surface area contributed by atoms with Gasteiger partial charge in [0.15, 0.2) is 0 Å². The molecule has 0 saturated carbocycles. The van der Waals surface area contributed by atoms with Gasteiger partial charge in [-0.3, -0.25) is 4.79 Å². The maximum atomic E-state index is 11.6. The topological polar surface area (TPSA) is 58.4 Å². The smallest absolute Gasteiger partial charge is 0.239 e. The van der Waals surface area contributed by atoms with Crippen LogP contribution >= 0.6 is 0 Å². The third-order valence-electron chi connectivity index (χ3n) is 2.55. The largest absolute Gasteiger partial charge is 0.397 e. The molecule has 94 valence electrons. The van der Waals surface area contributed by atoms with Gasteiger partial charge in [-0.2, -0.15) is 0 Å². The average Bonchev–Trinajstić information content (AvgIpc) is 2.29. The third kappa shape index (κ3) is 3.98. The molecule has 0 heterocycles. The van der Waals surface area contributed by atoms with Crippen LogP contribution in [-0.4, -0.2) is 26.0 Å². The lowest BCUT2D eigenvalue weighted by Crippen LogP contribution is -2.35. The van der Waals surface area contributed by atoms with Crippen molar-refractivity contribution in [2.24, 2.45) is 0 Å². The zero-order valence-corrected chi connectivity index (χ0v) is 10.8. The molecule has 0 bridgehead atoms. The fourth-order valence-corrected chi connectivity index (χ4v) is 1.61. The summed E-state index contributed by atoms with van der Waals surface area (Å²) in [4.78, 5) is 13.5. The quantitative estimate of drug-likeness (QED) is 0.761. The fourth-order valence-electron chi connectivity index (χ4n) is 1.61. The molecule has 1 aromatic carbocycles. The van der Waals surface area contributed by atoms with Crippen LogP contribution in [0.5, 0.6) is 0 Å². The Morgan fingerprint density at radius 2 is 2.18 bits per heavy atom. The number of hydrogen-bond donors (Lipinski definition) is 2. The summed E-state index contributed by atoms with van der Waals surface area (Å²) in [5.74, 6) is 0.0234. The number of nitrogens with one attached hydrogen (secondary N) is 1. The standard InChI is InChI=1S/C13H21N3O/c1-4-7-15-13(17)9-16(3)12-8-10(2)5-6-11(12)14/h5-6,8H,4,7,9,14H2,1-3H3,(H,15,17). The van der Waals surface area contributed by atoms with E-state index in [2.05, 4.69) is 5.32 Å². The van der Waals surface area contributed by atoms with E-state index in [-0.39, 0.29) is 5.91 Å². The maximum Gasteiger partial charge on any atom is 0.239 e. The number of benzene rings is 1. The van der Waals surface area contributed by atoms with Crippen molar-refractivity contribution >= 4 is 17.3 Å². The Labute approximate surface area is 103 Å². The van der Waals surface area contributed by atoms with Gasteiger partial charge in [-0.25, -0.2) is 0 Å². The first-order valence-corrected chi connectivity index (χ1v) is 5.88. The van der Waals surface area contributed by atoms with Crippen molar-refractivity contribution in [3.05, 3.63) is 23.8 Å². The van der Waals surface area contributed by atoms with Crippen molar-refractivity contribution in [3.63, 3.8) is 0 Å². The van der Waals surface area contributed by atoms with Gasteiger partial charge >= 0.3 is 0 Å². The highest BCUT2D eigenvalue weighted by atomic mass is 16.2. The summed E-state index contributed by atoms with van der Waals surface area (Å²) in [5, 5.41) is 2.85. The van der Waals surface area contributed by atoms with Crippen LogP contribution in [0.2, 0.25) is 0 Å². The molecular formula is C13H21N3O. The van der Waals surface area contributed by atoms with Crippen LogP contribution < -0.4 is 16.0 Å². The van der Waals surface area contributed by atoms with Crippen molar-refractivity contribution in [1.82, 2.24) is 5.32 Å². The predicted molar refractivity (Wildman–Crippen MR) is 72.2 cm³/mol. The highest BCUT2D eigenvalue weighted by molar-refractivity contribution is 5.83. The normalized spacial score (nSPS) is 10.1. The third-order valence-corrected chi connectivity index (χ3v) is 2.55. The minimum Gasteiger partial charge on any atom is -0.397 e. The van der Waals surface area contributed by atoms with Crippen molar-refractivity contribution < 1.29 is 4.79 Å². The van der Waals surface area contributed by atoms with Crippen LogP contribution in [0.1, 0.15) is 18.9 Å². The molecule has 1 aromatic rings. The van der Waals surface area contributed by atoms with Gasteiger partial charge in [-0.15, -0.1) is 0 Å². The Morgan fingerprint density at radius 3 is 2.82 bits per heavy atom. The molecule has 0 aliphatic heterocycles. The van der Waals surface area contributed by atoms with Crippen LogP contribution in [0.15, 0.2) is 18.2 Å². The Bertz CT molecular complexity index is 390. The summed E-state index contributed by atoms with van der Waals surface area (Å²) in [7, 11) is 1.87. The van der Waals surface area contributed by atoms with Crippen LogP contribution in [0.4, 0.5) is 11.4 Å². The van der Waals surface area contributed by atoms with Gasteiger partial charge < -0.3 is 16.0 Å². The molecule has 1 rings (SSSR count). The second-order valence-corrected chi connectivity index (χ2v) is 4.27. The van der Waals surface area contributed by atoms with Crippen LogP contribution in [0.3, 0.4) is 0 Å². The van der Waals surface area contributed by atoms with Crippen molar-refractivity contribution in [1.29, 1.82) is 0 Å². The molecule has 1 amide bonds. The Balaban J connectivity index is 2.66. The predicted octanol–water partition coefficient (Wildman–Crippen LogP) is 1.54. The molecule has 4 nitrogen and oxygen atoms in total. The molecule has 0 atom stereocenters. The number of anilines is 2. The number of likely N-dealkylation sites (N-methyl/N-ethyl adjacent to an activating group) is 1. The van der Waals surface area contributed by atoms with E-state index in [1.807, 2.05) is 44.0 Å². The second kappa shape index (κ2) is 6.13. The minimum atomic E-state index is 0.0234. The number of carbonyl (C=O) groups is 1. The van der Waals surface area contributed by atoms with E-state index in [1.165, 1.54) is 0 Å². The molecule has 0 aliphatic rings. The monoisotopic (exact) mass is 235 g/mol. The van der Waals surface area contributed by atoms with Crippen molar-refractivity contribution in [3.8, 4) is 0 Å². The summed E-state index contributed by atoms with van der Waals surface area (Å²) < 4.78 is 0. The van der Waals surface area contributed by atoms with Gasteiger partial charge in [0.05, 0.1) is 17.9 Å². The van der Waals surface area contributed by atoms with E-state index >= 15 is 0 Å². The zero-order valence-electron chi connectivity index (χ0n) is 10.8. The average molecular weight is 235 g/mol. The summed E-state index contributed by atoms with van der Waals surface area (Å²) in [6.07, 6.45) is 0.946. The number of carbonyl (C=O) groups excluding carboxylic acids is 1. The molecule has 17 heavy (non-hydrogen) atoms. The van der Waals surface area contributed by atoms with E-state index < -0.39 is 0 Å².